The van der Waals surface area contributed by atoms with Gasteiger partial charge in [-0.1, -0.05) is 0 Å². The van der Waals surface area contributed by atoms with Crippen LogP contribution in [0.2, 0.25) is 5.28 Å². The van der Waals surface area contributed by atoms with Crippen molar-refractivity contribution in [1.82, 2.24) is 9.97 Å². The number of rotatable bonds is 3. The van der Waals surface area contributed by atoms with Crippen LogP contribution in [0, 0.1) is 0 Å². The normalized spacial score (nSPS) is 9.64. The summed E-state index contributed by atoms with van der Waals surface area (Å²) in [6.07, 6.45) is 2.96. The van der Waals surface area contributed by atoms with Gasteiger partial charge in [-0.05, 0) is 11.6 Å². The van der Waals surface area contributed by atoms with Crippen LogP contribution in [0.1, 0.15) is 0 Å². The summed E-state index contributed by atoms with van der Waals surface area (Å²) in [5.41, 5.74) is 0. The zero-order chi connectivity index (χ0) is 8.10. The lowest BCUT2D eigenvalue weighted by Gasteiger charge is -2.01. The highest BCUT2D eigenvalue weighted by atomic mass is 35.5. The van der Waals surface area contributed by atoms with E-state index in [-0.39, 0.29) is 12.1 Å². The fourth-order valence-corrected chi connectivity index (χ4v) is 0.600. The zero-order valence-corrected chi connectivity index (χ0v) is 6.71. The molecule has 1 aromatic rings. The van der Waals surface area contributed by atoms with Gasteiger partial charge in [0.25, 0.3) is 0 Å². The Kier molecular flexibility index (Phi) is 3.07. The van der Waals surface area contributed by atoms with Gasteiger partial charge in [0.1, 0.15) is 0 Å². The van der Waals surface area contributed by atoms with E-state index in [0.29, 0.717) is 5.75 Å². The first-order chi connectivity index (χ1) is 5.33. The van der Waals surface area contributed by atoms with E-state index < -0.39 is 0 Å². The first kappa shape index (κ1) is 8.23. The third-order valence-corrected chi connectivity index (χ3v) is 1.14. The lowest BCUT2D eigenvalue weighted by molar-refractivity contribution is 0.0506. The molecule has 0 atom stereocenters. The first-order valence-electron chi connectivity index (χ1n) is 2.92. The highest BCUT2D eigenvalue weighted by Gasteiger charge is 1.93. The third-order valence-electron chi connectivity index (χ3n) is 0.940. The van der Waals surface area contributed by atoms with Gasteiger partial charge in [0.05, 0.1) is 12.4 Å². The minimum absolute atomic E-state index is 0.186. The van der Waals surface area contributed by atoms with Gasteiger partial charge < -0.3 is 9.47 Å². The Bertz CT molecular complexity index is 214. The Hall–Kier alpha value is -0.870. The van der Waals surface area contributed by atoms with Crippen LogP contribution in [0.5, 0.6) is 5.75 Å². The Morgan fingerprint density at radius 1 is 1.45 bits per heavy atom. The number of halogens is 1. The van der Waals surface area contributed by atoms with Gasteiger partial charge in [-0.15, -0.1) is 0 Å². The Labute approximate surface area is 69.1 Å². The molecular weight excluding hydrogens is 168 g/mol. The number of hydrogen-bond donors (Lipinski definition) is 0. The third kappa shape index (κ3) is 2.69. The quantitative estimate of drug-likeness (QED) is 0.509. The highest BCUT2D eigenvalue weighted by molar-refractivity contribution is 6.28. The molecule has 0 radical (unpaired) electrons. The number of methoxy groups -OCH3 is 1. The highest BCUT2D eigenvalue weighted by Crippen LogP contribution is 2.07. The smallest absolute Gasteiger partial charge is 0.222 e. The molecule has 60 valence electrons. The summed E-state index contributed by atoms with van der Waals surface area (Å²) >= 11 is 5.44. The average Bonchev–Trinajstić information content (AvgIpc) is 2.04. The number of ether oxygens (including phenoxy) is 2. The van der Waals surface area contributed by atoms with E-state index in [1.54, 1.807) is 0 Å². The van der Waals surface area contributed by atoms with E-state index in [2.05, 4.69) is 14.7 Å². The maximum atomic E-state index is 5.44. The van der Waals surface area contributed by atoms with Crippen molar-refractivity contribution in [1.29, 1.82) is 0 Å². The van der Waals surface area contributed by atoms with Crippen molar-refractivity contribution < 1.29 is 9.47 Å². The number of aromatic nitrogens is 2. The monoisotopic (exact) mass is 174 g/mol. The molecule has 0 amide bonds. The molecule has 0 saturated heterocycles. The van der Waals surface area contributed by atoms with Crippen molar-refractivity contribution in [2.45, 2.75) is 0 Å². The molecule has 0 bridgehead atoms. The summed E-state index contributed by atoms with van der Waals surface area (Å²) < 4.78 is 9.67. The van der Waals surface area contributed by atoms with E-state index in [0.717, 1.165) is 0 Å². The van der Waals surface area contributed by atoms with Crippen molar-refractivity contribution in [3.63, 3.8) is 0 Å². The van der Waals surface area contributed by atoms with Crippen LogP contribution in [-0.2, 0) is 4.74 Å². The fraction of sp³-hybridized carbons (Fsp3) is 0.333. The van der Waals surface area contributed by atoms with Crippen molar-refractivity contribution >= 4 is 11.6 Å². The largest absolute Gasteiger partial charge is 0.464 e. The predicted molar refractivity (Wildman–Crippen MR) is 39.5 cm³/mol. The zero-order valence-electron chi connectivity index (χ0n) is 5.95. The lowest BCUT2D eigenvalue weighted by Crippen LogP contribution is -1.99. The van der Waals surface area contributed by atoms with Gasteiger partial charge in [-0.25, -0.2) is 9.97 Å². The van der Waals surface area contributed by atoms with Crippen LogP contribution in [-0.4, -0.2) is 23.9 Å². The summed E-state index contributed by atoms with van der Waals surface area (Å²) in [5.74, 6) is 0.538. The molecule has 1 heterocycles. The van der Waals surface area contributed by atoms with Crippen molar-refractivity contribution in [2.24, 2.45) is 0 Å². The van der Waals surface area contributed by atoms with Crippen molar-refractivity contribution in [2.75, 3.05) is 13.9 Å². The molecule has 1 rings (SSSR count). The van der Waals surface area contributed by atoms with Gasteiger partial charge in [-0.3, -0.25) is 0 Å². The van der Waals surface area contributed by atoms with E-state index >= 15 is 0 Å². The van der Waals surface area contributed by atoms with E-state index in [9.17, 15) is 0 Å². The topological polar surface area (TPSA) is 44.2 Å². The van der Waals surface area contributed by atoms with Crippen LogP contribution in [0.4, 0.5) is 0 Å². The molecule has 0 spiro atoms. The van der Waals surface area contributed by atoms with Crippen LogP contribution in [0.3, 0.4) is 0 Å². The molecule has 11 heavy (non-hydrogen) atoms. The second kappa shape index (κ2) is 4.10. The molecule has 4 nitrogen and oxygen atoms in total. The summed E-state index contributed by atoms with van der Waals surface area (Å²) in [4.78, 5) is 7.41. The van der Waals surface area contributed by atoms with Crippen LogP contribution >= 0.6 is 11.6 Å². The molecule has 1 aromatic heterocycles. The average molecular weight is 175 g/mol. The summed E-state index contributed by atoms with van der Waals surface area (Å²) in [6, 6.07) is 0. The minimum atomic E-state index is 0.186. The minimum Gasteiger partial charge on any atom is -0.464 e. The fourth-order valence-electron chi connectivity index (χ4n) is 0.502. The van der Waals surface area contributed by atoms with Gasteiger partial charge in [0.15, 0.2) is 12.5 Å². The molecule has 0 aliphatic rings. The van der Waals surface area contributed by atoms with Crippen molar-refractivity contribution in [3.05, 3.63) is 17.7 Å². The molecule has 0 aliphatic carbocycles. The molecule has 0 N–H and O–H groups in total. The van der Waals surface area contributed by atoms with E-state index in [1.807, 2.05) is 0 Å². The standard InChI is InChI=1S/C6H7ClN2O2/c1-10-4-11-5-2-8-6(7)9-3-5/h2-3H,4H2,1H3. The SMILES string of the molecule is COCOc1cnc(Cl)nc1. The lowest BCUT2D eigenvalue weighted by atomic mass is 10.6. The first-order valence-corrected chi connectivity index (χ1v) is 3.30. The van der Waals surface area contributed by atoms with Gasteiger partial charge >= 0.3 is 0 Å². The number of nitrogens with zero attached hydrogens (tertiary/aromatic N) is 2. The molecule has 0 aromatic carbocycles. The van der Waals surface area contributed by atoms with Crippen molar-refractivity contribution in [3.8, 4) is 5.75 Å². The molecule has 0 aliphatic heterocycles. The van der Waals surface area contributed by atoms with Crippen LogP contribution < -0.4 is 4.74 Å². The maximum Gasteiger partial charge on any atom is 0.222 e. The molecule has 0 fully saturated rings. The second-order valence-electron chi connectivity index (χ2n) is 1.74. The molecule has 0 saturated carbocycles. The summed E-state index contributed by atoms with van der Waals surface area (Å²) in [7, 11) is 1.54. The van der Waals surface area contributed by atoms with Crippen LogP contribution in [0.25, 0.3) is 0 Å². The van der Waals surface area contributed by atoms with Gasteiger partial charge in [0.2, 0.25) is 5.28 Å². The predicted octanol–water partition coefficient (Wildman–Crippen LogP) is 1.11. The van der Waals surface area contributed by atoms with Gasteiger partial charge in [0, 0.05) is 7.11 Å². The Morgan fingerprint density at radius 2 is 2.09 bits per heavy atom. The maximum absolute atomic E-state index is 5.44. The van der Waals surface area contributed by atoms with E-state index in [4.69, 9.17) is 16.3 Å². The summed E-state index contributed by atoms with van der Waals surface area (Å²) in [6.45, 7) is 0.186. The molecule has 5 heteroatoms. The van der Waals surface area contributed by atoms with E-state index in [1.165, 1.54) is 19.5 Å². The van der Waals surface area contributed by atoms with Gasteiger partial charge in [-0.2, -0.15) is 0 Å². The Balaban J connectivity index is 2.52. The van der Waals surface area contributed by atoms with Crippen LogP contribution in [0.15, 0.2) is 12.4 Å². The number of hydrogen-bond acceptors (Lipinski definition) is 4. The second-order valence-corrected chi connectivity index (χ2v) is 2.08. The molecular formula is C6H7ClN2O2. The summed E-state index contributed by atoms with van der Waals surface area (Å²) in [5, 5.41) is 0.203. The molecule has 0 unspecified atom stereocenters. The Morgan fingerprint density at radius 3 is 2.64 bits per heavy atom.